The first-order chi connectivity index (χ1) is 31.0. The molecule has 0 aromatic heterocycles. The van der Waals surface area contributed by atoms with E-state index in [0.717, 1.165) is 70.6 Å². The normalized spacial score (nSPS) is 12.8. The number of aliphatic hydroxyl groups excluding tert-OH is 2. The topological polar surface area (TPSA) is 95.9 Å². The standard InChI is InChI=1S/C57H109NO5/c1-3-5-7-9-11-13-15-17-19-20-21-22-23-25-29-33-37-41-45-49-55(60)54(53-59)58-56(61)50-46-42-38-34-30-26-24-28-32-36-40-44-48-52-63-57(62)51-47-43-39-35-31-27-18-16-14-12-10-8-6-4-2/h26,30,45,49,54-55,59-60H,3-25,27-29,31-44,46-48,50-53H2,1-2H3,(H,58,61)/b30-26-,49-45+. The number of ether oxygens (including phenoxy) is 1. The number of aliphatic hydroxyl groups is 2. The summed E-state index contributed by atoms with van der Waals surface area (Å²) in [5.41, 5.74) is 0. The fraction of sp³-hybridized carbons (Fsp3) is 0.895. The molecule has 1 amide bonds. The molecule has 0 saturated carbocycles. The molecular formula is C57H109NO5. The van der Waals surface area contributed by atoms with Crippen molar-refractivity contribution in [1.29, 1.82) is 0 Å². The molecule has 0 aliphatic heterocycles. The SMILES string of the molecule is CCCCCCCCCCCCCCCCCCC/C=C/C(O)C(CO)NC(=O)CCCCC/C=C\CCCCCCCCOC(=O)CCCCCCCCCCCCCCCC. The largest absolute Gasteiger partial charge is 0.466 e. The van der Waals surface area contributed by atoms with Gasteiger partial charge in [-0.25, -0.2) is 0 Å². The second-order valence-corrected chi connectivity index (χ2v) is 19.3. The van der Waals surface area contributed by atoms with E-state index in [2.05, 4.69) is 31.3 Å². The third-order valence-corrected chi connectivity index (χ3v) is 13.0. The Bertz CT molecular complexity index is 982. The van der Waals surface area contributed by atoms with Gasteiger partial charge in [-0.2, -0.15) is 0 Å². The van der Waals surface area contributed by atoms with Gasteiger partial charge in [-0.05, 0) is 57.8 Å². The van der Waals surface area contributed by atoms with Gasteiger partial charge in [-0.1, -0.05) is 256 Å². The number of esters is 1. The maximum absolute atomic E-state index is 12.5. The predicted molar refractivity (Wildman–Crippen MR) is 273 cm³/mol. The molecule has 6 nitrogen and oxygen atoms in total. The maximum Gasteiger partial charge on any atom is 0.305 e. The van der Waals surface area contributed by atoms with E-state index < -0.39 is 12.1 Å². The van der Waals surface area contributed by atoms with Crippen LogP contribution in [0.3, 0.4) is 0 Å². The molecule has 0 aliphatic rings. The number of hydrogen-bond acceptors (Lipinski definition) is 5. The van der Waals surface area contributed by atoms with E-state index in [0.29, 0.717) is 19.4 Å². The van der Waals surface area contributed by atoms with Gasteiger partial charge in [0.25, 0.3) is 0 Å². The fourth-order valence-electron chi connectivity index (χ4n) is 8.63. The van der Waals surface area contributed by atoms with Crippen LogP contribution < -0.4 is 5.32 Å². The van der Waals surface area contributed by atoms with Crippen molar-refractivity contribution in [2.45, 2.75) is 315 Å². The summed E-state index contributed by atoms with van der Waals surface area (Å²) in [6.07, 6.45) is 63.3. The highest BCUT2D eigenvalue weighted by atomic mass is 16.5. The van der Waals surface area contributed by atoms with Crippen LogP contribution in [0.4, 0.5) is 0 Å². The van der Waals surface area contributed by atoms with Crippen LogP contribution in [0.5, 0.6) is 0 Å². The molecule has 0 bridgehead atoms. The van der Waals surface area contributed by atoms with E-state index in [1.54, 1.807) is 6.08 Å². The molecule has 0 heterocycles. The molecular weight excluding hydrogens is 779 g/mol. The van der Waals surface area contributed by atoms with E-state index in [1.807, 2.05) is 6.08 Å². The third kappa shape index (κ3) is 49.6. The molecule has 63 heavy (non-hydrogen) atoms. The zero-order chi connectivity index (χ0) is 45.8. The zero-order valence-electron chi connectivity index (χ0n) is 42.3. The predicted octanol–water partition coefficient (Wildman–Crippen LogP) is 17.1. The Hall–Kier alpha value is -1.66. The van der Waals surface area contributed by atoms with Crippen LogP contribution in [0.1, 0.15) is 303 Å². The Morgan fingerprint density at radius 1 is 0.429 bits per heavy atom. The number of carbonyl (C=O) groups excluding carboxylic acids is 2. The molecule has 0 radical (unpaired) electrons. The van der Waals surface area contributed by atoms with Crippen molar-refractivity contribution < 1.29 is 24.5 Å². The van der Waals surface area contributed by atoms with Gasteiger partial charge in [0.2, 0.25) is 5.91 Å². The summed E-state index contributed by atoms with van der Waals surface area (Å²) in [5.74, 6) is -0.107. The third-order valence-electron chi connectivity index (χ3n) is 13.0. The minimum absolute atomic E-state index is 0.0115. The van der Waals surface area contributed by atoms with Crippen molar-refractivity contribution in [3.8, 4) is 0 Å². The first-order valence-corrected chi connectivity index (χ1v) is 28.1. The number of nitrogens with one attached hydrogen (secondary N) is 1. The van der Waals surface area contributed by atoms with Crippen LogP contribution in [0, 0.1) is 0 Å². The summed E-state index contributed by atoms with van der Waals surface area (Å²) < 4.78 is 5.46. The summed E-state index contributed by atoms with van der Waals surface area (Å²) >= 11 is 0. The molecule has 372 valence electrons. The van der Waals surface area contributed by atoms with Crippen LogP contribution in [-0.4, -0.2) is 47.4 Å². The number of allylic oxidation sites excluding steroid dienone is 3. The van der Waals surface area contributed by atoms with Crippen LogP contribution in [0.25, 0.3) is 0 Å². The smallest absolute Gasteiger partial charge is 0.305 e. The van der Waals surface area contributed by atoms with Gasteiger partial charge in [-0.15, -0.1) is 0 Å². The molecule has 6 heteroatoms. The number of carbonyl (C=O) groups is 2. The summed E-state index contributed by atoms with van der Waals surface area (Å²) in [4.78, 5) is 24.5. The van der Waals surface area contributed by atoms with Crippen molar-refractivity contribution >= 4 is 11.9 Å². The summed E-state index contributed by atoms with van der Waals surface area (Å²) in [6.45, 7) is 4.88. The van der Waals surface area contributed by atoms with E-state index in [-0.39, 0.29) is 18.5 Å². The monoisotopic (exact) mass is 888 g/mol. The van der Waals surface area contributed by atoms with Gasteiger partial charge in [0, 0.05) is 12.8 Å². The summed E-state index contributed by atoms with van der Waals surface area (Å²) in [5, 5.41) is 23.1. The quantitative estimate of drug-likeness (QED) is 0.0321. The molecule has 0 saturated heterocycles. The highest BCUT2D eigenvalue weighted by molar-refractivity contribution is 5.76. The van der Waals surface area contributed by atoms with Crippen molar-refractivity contribution in [3.63, 3.8) is 0 Å². The Labute approximate surface area is 392 Å². The highest BCUT2D eigenvalue weighted by Crippen LogP contribution is 2.16. The van der Waals surface area contributed by atoms with E-state index >= 15 is 0 Å². The van der Waals surface area contributed by atoms with E-state index in [4.69, 9.17) is 4.74 Å². The molecule has 0 rings (SSSR count). The summed E-state index contributed by atoms with van der Waals surface area (Å²) in [7, 11) is 0. The van der Waals surface area contributed by atoms with Gasteiger partial charge < -0.3 is 20.3 Å². The molecule has 0 fully saturated rings. The lowest BCUT2D eigenvalue weighted by atomic mass is 10.0. The first-order valence-electron chi connectivity index (χ1n) is 28.1. The molecule has 0 aromatic rings. The Kier molecular flexibility index (Phi) is 51.6. The Balaban J connectivity index is 3.52. The average molecular weight is 889 g/mol. The van der Waals surface area contributed by atoms with Gasteiger partial charge in [0.1, 0.15) is 0 Å². The molecule has 3 N–H and O–H groups in total. The molecule has 2 unspecified atom stereocenters. The maximum atomic E-state index is 12.5. The molecule has 0 aromatic carbocycles. The minimum Gasteiger partial charge on any atom is -0.466 e. The van der Waals surface area contributed by atoms with Crippen molar-refractivity contribution in [1.82, 2.24) is 5.32 Å². The lowest BCUT2D eigenvalue weighted by Crippen LogP contribution is -2.45. The molecule has 2 atom stereocenters. The minimum atomic E-state index is -0.861. The number of amides is 1. The van der Waals surface area contributed by atoms with Crippen LogP contribution >= 0.6 is 0 Å². The van der Waals surface area contributed by atoms with Gasteiger partial charge in [0.15, 0.2) is 0 Å². The second kappa shape index (κ2) is 53.0. The van der Waals surface area contributed by atoms with Gasteiger partial charge >= 0.3 is 5.97 Å². The fourth-order valence-corrected chi connectivity index (χ4v) is 8.63. The second-order valence-electron chi connectivity index (χ2n) is 19.3. The molecule has 0 aliphatic carbocycles. The number of hydrogen-bond donors (Lipinski definition) is 3. The van der Waals surface area contributed by atoms with Crippen LogP contribution in [0.2, 0.25) is 0 Å². The van der Waals surface area contributed by atoms with Crippen molar-refractivity contribution in [2.24, 2.45) is 0 Å². The van der Waals surface area contributed by atoms with E-state index in [9.17, 15) is 19.8 Å². The Morgan fingerprint density at radius 3 is 1.14 bits per heavy atom. The zero-order valence-corrected chi connectivity index (χ0v) is 42.3. The van der Waals surface area contributed by atoms with Crippen LogP contribution in [-0.2, 0) is 14.3 Å². The first kappa shape index (κ1) is 61.3. The van der Waals surface area contributed by atoms with Crippen molar-refractivity contribution in [2.75, 3.05) is 13.2 Å². The average Bonchev–Trinajstić information content (AvgIpc) is 3.28. The lowest BCUT2D eigenvalue weighted by Gasteiger charge is -2.19. The van der Waals surface area contributed by atoms with Crippen LogP contribution in [0.15, 0.2) is 24.3 Å². The lowest BCUT2D eigenvalue weighted by molar-refractivity contribution is -0.143. The number of rotatable bonds is 52. The van der Waals surface area contributed by atoms with Crippen molar-refractivity contribution in [3.05, 3.63) is 24.3 Å². The van der Waals surface area contributed by atoms with Gasteiger partial charge in [0.05, 0.1) is 25.4 Å². The summed E-state index contributed by atoms with van der Waals surface area (Å²) in [6, 6.07) is -0.648. The molecule has 0 spiro atoms. The Morgan fingerprint density at radius 2 is 0.746 bits per heavy atom. The van der Waals surface area contributed by atoms with Gasteiger partial charge in [-0.3, -0.25) is 9.59 Å². The van der Waals surface area contributed by atoms with E-state index in [1.165, 1.54) is 205 Å². The highest BCUT2D eigenvalue weighted by Gasteiger charge is 2.18. The number of unbranched alkanes of at least 4 members (excludes halogenated alkanes) is 39.